The molecule has 21 heavy (non-hydrogen) atoms. The molecule has 1 aromatic rings. The number of aryl methyl sites for hydroxylation is 1. The minimum absolute atomic E-state index is 0.0378. The Balaban J connectivity index is 2.28. The molecule has 114 valence electrons. The number of primary amides is 1. The van der Waals surface area contributed by atoms with Crippen LogP contribution in [0.25, 0.3) is 0 Å². The smallest absolute Gasteiger partial charge is 0.255 e. The van der Waals surface area contributed by atoms with Crippen molar-refractivity contribution in [3.05, 3.63) is 33.8 Å². The van der Waals surface area contributed by atoms with E-state index in [0.717, 1.165) is 36.0 Å². The van der Waals surface area contributed by atoms with E-state index in [-0.39, 0.29) is 18.5 Å². The molecule has 0 bridgehead atoms. The van der Waals surface area contributed by atoms with Gasteiger partial charge in [-0.15, -0.1) is 0 Å². The van der Waals surface area contributed by atoms with Crippen LogP contribution in [0.2, 0.25) is 0 Å². The van der Waals surface area contributed by atoms with E-state index < -0.39 is 5.91 Å². The molecule has 0 spiro atoms. The van der Waals surface area contributed by atoms with Gasteiger partial charge in [-0.25, -0.2) is 0 Å². The zero-order valence-corrected chi connectivity index (χ0v) is 13.6. The molecular formula is C15H20BrN3O2. The van der Waals surface area contributed by atoms with Crippen molar-refractivity contribution in [2.24, 2.45) is 5.73 Å². The van der Waals surface area contributed by atoms with Crippen LogP contribution >= 0.6 is 15.9 Å². The summed E-state index contributed by atoms with van der Waals surface area (Å²) in [5.74, 6) is -0.623. The van der Waals surface area contributed by atoms with Gasteiger partial charge in [-0.05, 0) is 60.4 Å². The standard InChI is InChI=1S/C15H20BrN3O2/c1-10-3-2-4-12(14(10)16)15(21)19(9-13(17)20)11-5-7-18-8-6-11/h2-4,11,18H,5-9H2,1H3,(H2,17,20). The number of piperidine rings is 1. The number of nitrogens with two attached hydrogens (primary N) is 1. The lowest BCUT2D eigenvalue weighted by molar-refractivity contribution is -0.119. The zero-order valence-electron chi connectivity index (χ0n) is 12.1. The molecule has 0 aromatic heterocycles. The molecule has 1 aliphatic heterocycles. The van der Waals surface area contributed by atoms with Crippen LogP contribution in [0.5, 0.6) is 0 Å². The molecule has 0 saturated carbocycles. The van der Waals surface area contributed by atoms with Gasteiger partial charge >= 0.3 is 0 Å². The molecule has 0 aliphatic carbocycles. The second-order valence-corrected chi connectivity index (χ2v) is 6.11. The first-order valence-corrected chi connectivity index (χ1v) is 7.85. The van der Waals surface area contributed by atoms with Gasteiger partial charge in [0.05, 0.1) is 12.1 Å². The van der Waals surface area contributed by atoms with Crippen molar-refractivity contribution in [1.82, 2.24) is 10.2 Å². The molecular weight excluding hydrogens is 334 g/mol. The third kappa shape index (κ3) is 3.83. The van der Waals surface area contributed by atoms with E-state index in [1.807, 2.05) is 19.1 Å². The maximum Gasteiger partial charge on any atom is 0.255 e. The van der Waals surface area contributed by atoms with Crippen LogP contribution in [0.15, 0.2) is 22.7 Å². The van der Waals surface area contributed by atoms with Crippen molar-refractivity contribution in [2.75, 3.05) is 19.6 Å². The van der Waals surface area contributed by atoms with Crippen LogP contribution in [0.1, 0.15) is 28.8 Å². The Morgan fingerprint density at radius 2 is 2.05 bits per heavy atom. The number of nitrogens with zero attached hydrogens (tertiary/aromatic N) is 1. The largest absolute Gasteiger partial charge is 0.368 e. The molecule has 1 aromatic carbocycles. The van der Waals surface area contributed by atoms with Crippen LogP contribution in [-0.2, 0) is 4.79 Å². The molecule has 1 fully saturated rings. The summed E-state index contributed by atoms with van der Waals surface area (Å²) >= 11 is 3.46. The third-order valence-electron chi connectivity index (χ3n) is 3.76. The second kappa shape index (κ2) is 7.04. The number of halogens is 1. The predicted octanol–water partition coefficient (Wildman–Crippen LogP) is 1.44. The molecule has 0 radical (unpaired) electrons. The highest BCUT2D eigenvalue weighted by atomic mass is 79.9. The molecule has 5 nitrogen and oxygen atoms in total. The average molecular weight is 354 g/mol. The van der Waals surface area contributed by atoms with Gasteiger partial charge in [0, 0.05) is 10.5 Å². The van der Waals surface area contributed by atoms with Gasteiger partial charge in [-0.1, -0.05) is 12.1 Å². The summed E-state index contributed by atoms with van der Waals surface area (Å²) in [7, 11) is 0. The van der Waals surface area contributed by atoms with E-state index in [1.54, 1.807) is 11.0 Å². The Kier molecular flexibility index (Phi) is 5.36. The topological polar surface area (TPSA) is 75.4 Å². The summed E-state index contributed by atoms with van der Waals surface area (Å²) in [6, 6.07) is 5.61. The van der Waals surface area contributed by atoms with Gasteiger partial charge in [0.15, 0.2) is 0 Å². The number of amides is 2. The molecule has 2 amide bonds. The summed E-state index contributed by atoms with van der Waals surface area (Å²) < 4.78 is 0.776. The van der Waals surface area contributed by atoms with Gasteiger partial charge in [0.1, 0.15) is 0 Å². The van der Waals surface area contributed by atoms with Crippen molar-refractivity contribution in [2.45, 2.75) is 25.8 Å². The molecule has 6 heteroatoms. The van der Waals surface area contributed by atoms with Gasteiger partial charge < -0.3 is 16.0 Å². The third-order valence-corrected chi connectivity index (χ3v) is 4.81. The zero-order chi connectivity index (χ0) is 15.4. The van der Waals surface area contributed by atoms with Crippen molar-refractivity contribution >= 4 is 27.7 Å². The van der Waals surface area contributed by atoms with E-state index in [0.29, 0.717) is 5.56 Å². The van der Waals surface area contributed by atoms with Crippen molar-refractivity contribution in [3.63, 3.8) is 0 Å². The molecule has 0 unspecified atom stereocenters. The Morgan fingerprint density at radius 3 is 2.67 bits per heavy atom. The highest BCUT2D eigenvalue weighted by Crippen LogP contribution is 2.24. The quantitative estimate of drug-likeness (QED) is 0.859. The summed E-state index contributed by atoms with van der Waals surface area (Å²) in [4.78, 5) is 25.8. The van der Waals surface area contributed by atoms with Gasteiger partial charge in [0.25, 0.3) is 5.91 Å². The van der Waals surface area contributed by atoms with Gasteiger partial charge in [0.2, 0.25) is 5.91 Å². The van der Waals surface area contributed by atoms with E-state index in [9.17, 15) is 9.59 Å². The number of rotatable bonds is 4. The average Bonchev–Trinajstić information content (AvgIpc) is 2.48. The first-order chi connectivity index (χ1) is 10.0. The lowest BCUT2D eigenvalue weighted by atomic mass is 10.0. The maximum absolute atomic E-state index is 12.8. The molecule has 1 aliphatic rings. The lowest BCUT2D eigenvalue weighted by Crippen LogP contribution is -2.49. The second-order valence-electron chi connectivity index (χ2n) is 5.32. The van der Waals surface area contributed by atoms with Crippen LogP contribution in [0.4, 0.5) is 0 Å². The van der Waals surface area contributed by atoms with E-state index in [4.69, 9.17) is 5.73 Å². The van der Waals surface area contributed by atoms with Crippen LogP contribution in [-0.4, -0.2) is 42.4 Å². The first-order valence-electron chi connectivity index (χ1n) is 7.06. The fraction of sp³-hybridized carbons (Fsp3) is 0.467. The van der Waals surface area contributed by atoms with Gasteiger partial charge in [-0.3, -0.25) is 9.59 Å². The van der Waals surface area contributed by atoms with Crippen molar-refractivity contribution < 1.29 is 9.59 Å². The Hall–Kier alpha value is -1.40. The minimum atomic E-state index is -0.481. The van der Waals surface area contributed by atoms with Crippen molar-refractivity contribution in [1.29, 1.82) is 0 Å². The highest BCUT2D eigenvalue weighted by Gasteiger charge is 2.28. The Bertz CT molecular complexity index is 542. The normalized spacial score (nSPS) is 15.7. The first kappa shape index (κ1) is 16.0. The minimum Gasteiger partial charge on any atom is -0.368 e. The Morgan fingerprint density at radius 1 is 1.38 bits per heavy atom. The summed E-state index contributed by atoms with van der Waals surface area (Å²) in [5, 5.41) is 3.26. The predicted molar refractivity (Wildman–Crippen MR) is 85.0 cm³/mol. The van der Waals surface area contributed by atoms with Crippen LogP contribution < -0.4 is 11.1 Å². The fourth-order valence-corrected chi connectivity index (χ4v) is 3.05. The molecule has 0 atom stereocenters. The maximum atomic E-state index is 12.8. The molecule has 2 rings (SSSR count). The summed E-state index contributed by atoms with van der Waals surface area (Å²) in [5.41, 5.74) is 6.89. The summed E-state index contributed by atoms with van der Waals surface area (Å²) in [6.45, 7) is 3.60. The molecule has 1 saturated heterocycles. The highest BCUT2D eigenvalue weighted by molar-refractivity contribution is 9.10. The number of carbonyl (C=O) groups excluding carboxylic acids is 2. The number of benzene rings is 1. The number of hydrogen-bond donors (Lipinski definition) is 2. The number of carbonyl (C=O) groups is 2. The van der Waals surface area contributed by atoms with Crippen LogP contribution in [0, 0.1) is 6.92 Å². The van der Waals surface area contributed by atoms with E-state index in [1.165, 1.54) is 0 Å². The fourth-order valence-electron chi connectivity index (χ4n) is 2.62. The lowest BCUT2D eigenvalue weighted by Gasteiger charge is -2.34. The van der Waals surface area contributed by atoms with Gasteiger partial charge in [-0.2, -0.15) is 0 Å². The van der Waals surface area contributed by atoms with Crippen LogP contribution in [0.3, 0.4) is 0 Å². The molecule has 1 heterocycles. The number of nitrogens with one attached hydrogen (secondary N) is 1. The molecule has 3 N–H and O–H groups in total. The summed E-state index contributed by atoms with van der Waals surface area (Å²) in [6.07, 6.45) is 1.67. The van der Waals surface area contributed by atoms with E-state index >= 15 is 0 Å². The van der Waals surface area contributed by atoms with E-state index in [2.05, 4.69) is 21.2 Å². The number of hydrogen-bond acceptors (Lipinski definition) is 3. The Labute approximate surface area is 133 Å². The van der Waals surface area contributed by atoms with Crippen molar-refractivity contribution in [3.8, 4) is 0 Å². The SMILES string of the molecule is Cc1cccc(C(=O)N(CC(N)=O)C2CCNCC2)c1Br. The monoisotopic (exact) mass is 353 g/mol.